The second-order valence-corrected chi connectivity index (χ2v) is 7.59. The predicted molar refractivity (Wildman–Crippen MR) is 108 cm³/mol. The molecule has 0 amide bonds. The zero-order chi connectivity index (χ0) is 17.9. The van der Waals surface area contributed by atoms with E-state index in [9.17, 15) is 0 Å². The van der Waals surface area contributed by atoms with Gasteiger partial charge in [-0.15, -0.1) is 12.6 Å². The SMILES string of the molecule is CN1CCC[N-]C(c2ccccc2)CCN(C)CCCN(C)CCC1.[Cl-].[Cl-].[Cl-].[Ti+4]. The van der Waals surface area contributed by atoms with Gasteiger partial charge in [0, 0.05) is 0 Å². The van der Waals surface area contributed by atoms with E-state index in [2.05, 4.69) is 66.2 Å². The Kier molecular flexibility index (Phi) is 24.3. The van der Waals surface area contributed by atoms with Gasteiger partial charge in [0.05, 0.1) is 0 Å². The molecule has 0 aromatic heterocycles. The Hall–Kier alpha value is 0.644. The second kappa shape index (κ2) is 20.5. The Balaban J connectivity index is -0.00000169. The summed E-state index contributed by atoms with van der Waals surface area (Å²) in [6.07, 6.45) is 4.78. The quantitative estimate of drug-likeness (QED) is 0.361. The first kappa shape index (κ1) is 34.3. The van der Waals surface area contributed by atoms with Crippen LogP contribution in [0, 0.1) is 0 Å². The van der Waals surface area contributed by atoms with Crippen LogP contribution in [0.4, 0.5) is 0 Å². The third-order valence-electron chi connectivity index (χ3n) is 5.18. The van der Waals surface area contributed by atoms with Crippen LogP contribution in [0.1, 0.15) is 37.3 Å². The van der Waals surface area contributed by atoms with Crippen LogP contribution in [0.3, 0.4) is 0 Å². The molecule has 4 nitrogen and oxygen atoms in total. The van der Waals surface area contributed by atoms with Crippen LogP contribution < -0.4 is 37.2 Å². The standard InChI is InChI=1S/C21H37N4.3ClH.Ti/c1-23-14-7-13-22-21(20-10-5-4-6-11-20)12-19-25(3)18-9-17-24(2)16-8-15-23;;;;/h4-6,10-11,21H,7-9,12-19H2,1-3H3;3*1H;/q-1;;;;+4/p-3. The fourth-order valence-corrected chi connectivity index (χ4v) is 3.53. The third-order valence-corrected chi connectivity index (χ3v) is 5.18. The number of benzene rings is 1. The van der Waals surface area contributed by atoms with Crippen LogP contribution in [0.15, 0.2) is 30.3 Å². The number of hydrogen-bond acceptors (Lipinski definition) is 3. The number of hydrogen-bond donors (Lipinski definition) is 0. The van der Waals surface area contributed by atoms with Gasteiger partial charge in [-0.1, -0.05) is 48.7 Å². The minimum atomic E-state index is 0. The normalized spacial score (nSPS) is 21.6. The molecule has 0 aliphatic carbocycles. The molecule has 0 N–H and O–H groups in total. The molecule has 2 rings (SSSR count). The number of halogens is 3. The Morgan fingerprint density at radius 1 is 0.690 bits per heavy atom. The Bertz CT molecular complexity index is 470. The molecule has 166 valence electrons. The number of rotatable bonds is 1. The van der Waals surface area contributed by atoms with Crippen molar-refractivity contribution >= 4 is 0 Å². The summed E-state index contributed by atoms with van der Waals surface area (Å²) in [4.78, 5) is 7.41. The van der Waals surface area contributed by atoms with Crippen LogP contribution in [-0.2, 0) is 21.7 Å². The van der Waals surface area contributed by atoms with Gasteiger partial charge < -0.3 is 57.2 Å². The molecule has 1 fully saturated rings. The molecule has 0 bridgehead atoms. The summed E-state index contributed by atoms with van der Waals surface area (Å²) in [5.41, 5.74) is 1.37. The van der Waals surface area contributed by atoms with E-state index in [4.69, 9.17) is 5.32 Å². The molecule has 1 aliphatic heterocycles. The molecule has 1 atom stereocenters. The van der Waals surface area contributed by atoms with E-state index in [0.717, 1.165) is 32.5 Å². The van der Waals surface area contributed by atoms with Crippen LogP contribution in [0.25, 0.3) is 5.32 Å². The van der Waals surface area contributed by atoms with Crippen LogP contribution in [0.2, 0.25) is 0 Å². The van der Waals surface area contributed by atoms with Crippen molar-refractivity contribution in [2.24, 2.45) is 0 Å². The summed E-state index contributed by atoms with van der Waals surface area (Å²) in [5.74, 6) is 0. The molecule has 1 unspecified atom stereocenters. The summed E-state index contributed by atoms with van der Waals surface area (Å²) in [6, 6.07) is 11.2. The minimum absolute atomic E-state index is 0. The molecule has 0 saturated carbocycles. The van der Waals surface area contributed by atoms with E-state index >= 15 is 0 Å². The van der Waals surface area contributed by atoms with Gasteiger partial charge in [0.25, 0.3) is 0 Å². The van der Waals surface area contributed by atoms with Gasteiger partial charge in [-0.25, -0.2) is 0 Å². The van der Waals surface area contributed by atoms with Gasteiger partial charge in [0.2, 0.25) is 0 Å². The molecular formula is C21H37Cl3N4Ti. The molecule has 1 aromatic rings. The smallest absolute Gasteiger partial charge is 1.00 e. The minimum Gasteiger partial charge on any atom is -1.00 e. The van der Waals surface area contributed by atoms with Gasteiger partial charge in [-0.05, 0) is 73.3 Å². The fraction of sp³-hybridized carbons (Fsp3) is 0.714. The van der Waals surface area contributed by atoms with Crippen molar-refractivity contribution < 1.29 is 58.9 Å². The van der Waals surface area contributed by atoms with Crippen molar-refractivity contribution in [3.05, 3.63) is 41.2 Å². The molecule has 1 saturated heterocycles. The summed E-state index contributed by atoms with van der Waals surface area (Å²) < 4.78 is 0. The summed E-state index contributed by atoms with van der Waals surface area (Å²) in [5, 5.41) is 5.04. The molecule has 1 aromatic carbocycles. The predicted octanol–water partition coefficient (Wildman–Crippen LogP) is -5.52. The first-order chi connectivity index (χ1) is 12.1. The van der Waals surface area contributed by atoms with Crippen molar-refractivity contribution in [3.63, 3.8) is 0 Å². The van der Waals surface area contributed by atoms with E-state index in [1.165, 1.54) is 44.6 Å². The van der Waals surface area contributed by atoms with Crippen molar-refractivity contribution in [3.8, 4) is 0 Å². The zero-order valence-electron chi connectivity index (χ0n) is 18.2. The Morgan fingerprint density at radius 3 is 1.66 bits per heavy atom. The molecule has 1 aliphatic rings. The zero-order valence-corrected chi connectivity index (χ0v) is 22.0. The van der Waals surface area contributed by atoms with E-state index in [-0.39, 0.29) is 58.9 Å². The summed E-state index contributed by atoms with van der Waals surface area (Å²) in [7, 11) is 6.75. The molecule has 29 heavy (non-hydrogen) atoms. The van der Waals surface area contributed by atoms with Gasteiger partial charge in [0.15, 0.2) is 0 Å². The first-order valence-corrected chi connectivity index (χ1v) is 9.92. The molecule has 0 radical (unpaired) electrons. The maximum atomic E-state index is 5.04. The van der Waals surface area contributed by atoms with Crippen molar-refractivity contribution in [1.82, 2.24) is 14.7 Å². The maximum Gasteiger partial charge on any atom is 4.00 e. The van der Waals surface area contributed by atoms with E-state index < -0.39 is 0 Å². The maximum absolute atomic E-state index is 5.04. The molecule has 1 heterocycles. The van der Waals surface area contributed by atoms with E-state index in [0.29, 0.717) is 6.04 Å². The van der Waals surface area contributed by atoms with E-state index in [1.54, 1.807) is 0 Å². The van der Waals surface area contributed by atoms with Gasteiger partial charge in [-0.3, -0.25) is 0 Å². The van der Waals surface area contributed by atoms with Crippen LogP contribution in [0.5, 0.6) is 0 Å². The Morgan fingerprint density at radius 2 is 1.14 bits per heavy atom. The third kappa shape index (κ3) is 15.1. The molecule has 0 spiro atoms. The number of nitrogens with zero attached hydrogens (tertiary/aromatic N) is 4. The second-order valence-electron chi connectivity index (χ2n) is 7.59. The van der Waals surface area contributed by atoms with Crippen LogP contribution in [-0.4, -0.2) is 81.7 Å². The fourth-order valence-electron chi connectivity index (χ4n) is 3.53. The van der Waals surface area contributed by atoms with Gasteiger partial charge in [-0.2, -0.15) is 0 Å². The monoisotopic (exact) mass is 498 g/mol. The van der Waals surface area contributed by atoms with Crippen molar-refractivity contribution in [2.45, 2.75) is 31.7 Å². The molecular weight excluding hydrogens is 462 g/mol. The van der Waals surface area contributed by atoms with E-state index in [1.807, 2.05) is 0 Å². The van der Waals surface area contributed by atoms with Crippen LogP contribution >= 0.6 is 0 Å². The Labute approximate surface area is 212 Å². The van der Waals surface area contributed by atoms with Gasteiger partial charge in [0.1, 0.15) is 0 Å². The van der Waals surface area contributed by atoms with Gasteiger partial charge >= 0.3 is 21.7 Å². The largest absolute Gasteiger partial charge is 4.00 e. The summed E-state index contributed by atoms with van der Waals surface area (Å²) >= 11 is 0. The summed E-state index contributed by atoms with van der Waals surface area (Å²) in [6.45, 7) is 7.99. The molecule has 8 heteroatoms. The van der Waals surface area contributed by atoms with Crippen molar-refractivity contribution in [2.75, 3.05) is 67.0 Å². The first-order valence-electron chi connectivity index (χ1n) is 9.92. The average Bonchev–Trinajstić information content (AvgIpc) is 2.61. The topological polar surface area (TPSA) is 23.8 Å². The van der Waals surface area contributed by atoms with Crippen molar-refractivity contribution in [1.29, 1.82) is 0 Å². The average molecular weight is 500 g/mol.